The third-order valence-electron chi connectivity index (χ3n) is 6.46. The van der Waals surface area contributed by atoms with Gasteiger partial charge in [-0.05, 0) is 38.6 Å². The molecular formula is C27H55N7O3. The van der Waals surface area contributed by atoms with Crippen molar-refractivity contribution in [2.24, 2.45) is 27.9 Å². The van der Waals surface area contributed by atoms with E-state index in [0.717, 1.165) is 19.3 Å². The second kappa shape index (κ2) is 24.0. The lowest BCUT2D eigenvalue weighted by atomic mass is 10.0. The van der Waals surface area contributed by atoms with E-state index in [-0.39, 0.29) is 11.9 Å². The Morgan fingerprint density at radius 1 is 0.676 bits per heavy atom. The molecule has 0 aromatic rings. The first-order valence-corrected chi connectivity index (χ1v) is 14.5. The van der Waals surface area contributed by atoms with Crippen molar-refractivity contribution in [3.8, 4) is 0 Å². The second-order valence-electron chi connectivity index (χ2n) is 9.96. The zero-order chi connectivity index (χ0) is 27.7. The summed E-state index contributed by atoms with van der Waals surface area (Å²) in [5, 5.41) is 5.46. The van der Waals surface area contributed by atoms with Crippen LogP contribution >= 0.6 is 0 Å². The van der Waals surface area contributed by atoms with E-state index in [4.69, 9.17) is 22.9 Å². The number of guanidine groups is 1. The van der Waals surface area contributed by atoms with Gasteiger partial charge >= 0.3 is 0 Å². The van der Waals surface area contributed by atoms with E-state index in [9.17, 15) is 14.4 Å². The molecule has 10 heteroatoms. The van der Waals surface area contributed by atoms with Crippen LogP contribution < -0.4 is 33.6 Å². The van der Waals surface area contributed by atoms with Crippen LogP contribution in [0.1, 0.15) is 122 Å². The molecule has 0 bridgehead atoms. The van der Waals surface area contributed by atoms with E-state index in [0.29, 0.717) is 45.2 Å². The number of carbonyl (C=O) groups excluding carboxylic acids is 3. The normalized spacial score (nSPS) is 12.5. The van der Waals surface area contributed by atoms with Gasteiger partial charge in [-0.3, -0.25) is 19.4 Å². The molecule has 0 saturated heterocycles. The Hall–Kier alpha value is -2.36. The summed E-state index contributed by atoms with van der Waals surface area (Å²) in [6, 6.07) is -1.61. The van der Waals surface area contributed by atoms with Crippen LogP contribution in [0.25, 0.3) is 0 Å². The zero-order valence-corrected chi connectivity index (χ0v) is 23.3. The molecule has 0 aromatic carbocycles. The Balaban J connectivity index is 4.22. The minimum Gasteiger partial charge on any atom is -0.370 e. The first-order valence-electron chi connectivity index (χ1n) is 14.5. The monoisotopic (exact) mass is 525 g/mol. The number of hydrogen-bond donors (Lipinski definition) is 6. The Kier molecular flexibility index (Phi) is 22.5. The molecule has 0 fully saturated rings. The molecule has 0 rings (SSSR count). The van der Waals surface area contributed by atoms with E-state index in [1.54, 1.807) is 0 Å². The van der Waals surface area contributed by atoms with Gasteiger partial charge in [-0.2, -0.15) is 0 Å². The van der Waals surface area contributed by atoms with Gasteiger partial charge in [-0.25, -0.2) is 0 Å². The highest BCUT2D eigenvalue weighted by Crippen LogP contribution is 2.13. The molecule has 0 aliphatic rings. The van der Waals surface area contributed by atoms with E-state index in [2.05, 4.69) is 22.5 Å². The fourth-order valence-corrected chi connectivity index (χ4v) is 4.22. The maximum absolute atomic E-state index is 12.8. The van der Waals surface area contributed by atoms with Crippen molar-refractivity contribution >= 4 is 23.7 Å². The molecule has 0 unspecified atom stereocenters. The highest BCUT2D eigenvalue weighted by atomic mass is 16.2. The van der Waals surface area contributed by atoms with Crippen LogP contribution in [0.2, 0.25) is 0 Å². The van der Waals surface area contributed by atoms with E-state index < -0.39 is 23.9 Å². The lowest BCUT2D eigenvalue weighted by Gasteiger charge is -2.22. The van der Waals surface area contributed by atoms with Gasteiger partial charge in [0.05, 0.1) is 0 Å². The lowest BCUT2D eigenvalue weighted by Crippen LogP contribution is -2.53. The van der Waals surface area contributed by atoms with Crippen LogP contribution in [-0.4, -0.2) is 48.9 Å². The number of carbonyl (C=O) groups is 3. The van der Waals surface area contributed by atoms with Crippen molar-refractivity contribution < 1.29 is 14.4 Å². The highest BCUT2D eigenvalue weighted by Gasteiger charge is 2.25. The number of aliphatic imine (C=N–C) groups is 1. The fraction of sp³-hybridized carbons (Fsp3) is 0.852. The van der Waals surface area contributed by atoms with Crippen LogP contribution in [0.3, 0.4) is 0 Å². The van der Waals surface area contributed by atoms with Gasteiger partial charge in [-0.15, -0.1) is 0 Å². The van der Waals surface area contributed by atoms with Crippen LogP contribution in [-0.2, 0) is 14.4 Å². The zero-order valence-electron chi connectivity index (χ0n) is 23.3. The topological polar surface area (TPSA) is 192 Å². The van der Waals surface area contributed by atoms with Crippen molar-refractivity contribution in [1.82, 2.24) is 10.6 Å². The number of rotatable bonds is 25. The van der Waals surface area contributed by atoms with E-state index in [1.165, 1.54) is 64.2 Å². The number of hydrogen-bond acceptors (Lipinski definition) is 5. The van der Waals surface area contributed by atoms with Gasteiger partial charge in [0.25, 0.3) is 0 Å². The first-order chi connectivity index (χ1) is 17.8. The predicted molar refractivity (Wildman–Crippen MR) is 152 cm³/mol. The smallest absolute Gasteiger partial charge is 0.243 e. The Morgan fingerprint density at radius 3 is 1.68 bits per heavy atom. The highest BCUT2D eigenvalue weighted by molar-refractivity contribution is 5.91. The van der Waals surface area contributed by atoms with Crippen molar-refractivity contribution in [2.45, 2.75) is 135 Å². The molecule has 37 heavy (non-hydrogen) atoms. The minimum absolute atomic E-state index is 0.0345. The largest absolute Gasteiger partial charge is 0.370 e. The summed E-state index contributed by atoms with van der Waals surface area (Å²) >= 11 is 0. The molecule has 3 amide bonds. The Morgan fingerprint density at radius 2 is 1.19 bits per heavy atom. The molecule has 0 spiro atoms. The molecule has 0 saturated carbocycles. The molecule has 0 aromatic heterocycles. The maximum Gasteiger partial charge on any atom is 0.243 e. The number of unbranched alkanes of at least 4 members (excludes halogenated alkanes) is 12. The summed E-state index contributed by atoms with van der Waals surface area (Å²) in [5.41, 5.74) is 21.6. The fourth-order valence-electron chi connectivity index (χ4n) is 4.22. The Bertz CT molecular complexity index is 639. The van der Waals surface area contributed by atoms with Crippen molar-refractivity contribution in [1.29, 1.82) is 0 Å². The lowest BCUT2D eigenvalue weighted by molar-refractivity contribution is -0.131. The predicted octanol–water partition coefficient (Wildman–Crippen LogP) is 2.72. The molecule has 216 valence electrons. The molecule has 10 N–H and O–H groups in total. The molecular weight excluding hydrogens is 470 g/mol. The average molecular weight is 526 g/mol. The van der Waals surface area contributed by atoms with Crippen LogP contribution in [0.4, 0.5) is 0 Å². The second-order valence-corrected chi connectivity index (χ2v) is 9.96. The number of primary amides is 1. The van der Waals surface area contributed by atoms with Crippen LogP contribution in [0, 0.1) is 0 Å². The van der Waals surface area contributed by atoms with Crippen LogP contribution in [0.5, 0.6) is 0 Å². The number of nitrogens with two attached hydrogens (primary N) is 4. The quantitative estimate of drug-likeness (QED) is 0.0602. The summed E-state index contributed by atoms with van der Waals surface area (Å²) in [7, 11) is 0. The molecule has 0 heterocycles. The van der Waals surface area contributed by atoms with Crippen molar-refractivity contribution in [2.75, 3.05) is 13.1 Å². The summed E-state index contributed by atoms with van der Waals surface area (Å²) in [5.74, 6) is -1.27. The van der Waals surface area contributed by atoms with Crippen molar-refractivity contribution in [3.05, 3.63) is 0 Å². The van der Waals surface area contributed by atoms with Gasteiger partial charge in [0.15, 0.2) is 5.96 Å². The molecule has 0 aliphatic heterocycles. The summed E-state index contributed by atoms with van der Waals surface area (Å²) in [6.45, 7) is 2.97. The summed E-state index contributed by atoms with van der Waals surface area (Å²) in [6.07, 6.45) is 18.2. The number of nitrogens with one attached hydrogen (secondary N) is 2. The average Bonchev–Trinajstić information content (AvgIpc) is 2.85. The van der Waals surface area contributed by atoms with Crippen LogP contribution in [0.15, 0.2) is 4.99 Å². The van der Waals surface area contributed by atoms with E-state index >= 15 is 0 Å². The maximum atomic E-state index is 12.8. The van der Waals surface area contributed by atoms with Gasteiger partial charge in [0.1, 0.15) is 12.1 Å². The summed E-state index contributed by atoms with van der Waals surface area (Å²) < 4.78 is 0. The third kappa shape index (κ3) is 21.4. The Labute approximate surface area is 224 Å². The molecule has 10 nitrogen and oxygen atoms in total. The third-order valence-corrected chi connectivity index (χ3v) is 6.46. The number of nitrogens with zero attached hydrogens (tertiary/aromatic N) is 1. The first kappa shape index (κ1) is 34.6. The molecule has 0 aliphatic carbocycles. The van der Waals surface area contributed by atoms with E-state index in [1.807, 2.05) is 0 Å². The molecule has 0 radical (unpaired) electrons. The van der Waals surface area contributed by atoms with Gasteiger partial charge in [0, 0.05) is 13.0 Å². The summed E-state index contributed by atoms with van der Waals surface area (Å²) in [4.78, 5) is 40.9. The van der Waals surface area contributed by atoms with Gasteiger partial charge < -0.3 is 33.6 Å². The number of amides is 3. The molecule has 2 atom stereocenters. The van der Waals surface area contributed by atoms with Crippen molar-refractivity contribution in [3.63, 3.8) is 0 Å². The minimum atomic E-state index is -0.861. The van der Waals surface area contributed by atoms with Gasteiger partial charge in [-0.1, -0.05) is 84.0 Å². The SMILES string of the molecule is CCCCCCCCCCCCCCCC(=O)N[C@@H](CCCN)C(=O)N[C@@H](CCCN=C(N)N)C(N)=O. The standard InChI is InChI=1S/C27H55N7O3/c1-2-3-4-5-6-7-8-9-10-11-12-13-14-19-24(35)33-23(17-15-20-28)26(37)34-22(25(29)36)18-16-21-32-27(30)31/h22-23H,2-21,28H2,1H3,(H2,29,36)(H,33,35)(H,34,37)(H4,30,31,32)/t22-,23-/m0/s1. The van der Waals surface area contributed by atoms with Gasteiger partial charge in [0.2, 0.25) is 17.7 Å².